The van der Waals surface area contributed by atoms with Crippen LogP contribution in [0.3, 0.4) is 0 Å². The molecule has 3 aromatic rings. The molecule has 6 heteroatoms. The van der Waals surface area contributed by atoms with Gasteiger partial charge in [-0.3, -0.25) is 0 Å². The van der Waals surface area contributed by atoms with Gasteiger partial charge in [0, 0.05) is 5.56 Å². The predicted molar refractivity (Wildman–Crippen MR) is 85.9 cm³/mol. The average Bonchev–Trinajstić information content (AvgIpc) is 2.62. The molecule has 124 valence electrons. The molecule has 0 aliphatic rings. The van der Waals surface area contributed by atoms with Gasteiger partial charge in [0.2, 0.25) is 5.88 Å². The van der Waals surface area contributed by atoms with Crippen LogP contribution < -0.4 is 4.74 Å². The Hall–Kier alpha value is -3.33. The summed E-state index contributed by atoms with van der Waals surface area (Å²) in [5.41, 5.74) is 0.669. The molecule has 0 atom stereocenters. The highest BCUT2D eigenvalue weighted by Gasteiger charge is 2.30. The lowest BCUT2D eigenvalue weighted by Crippen LogP contribution is -2.04. The van der Waals surface area contributed by atoms with Gasteiger partial charge in [0.05, 0.1) is 11.3 Å². The Morgan fingerprint density at radius 1 is 0.920 bits per heavy atom. The molecule has 0 spiro atoms. The van der Waals surface area contributed by atoms with E-state index in [2.05, 4.69) is 4.98 Å². The van der Waals surface area contributed by atoms with Crippen molar-refractivity contribution in [1.82, 2.24) is 4.98 Å². The number of ether oxygens (including phenoxy) is 1. The third-order valence-corrected chi connectivity index (χ3v) is 3.43. The molecule has 0 aliphatic heterocycles. The number of nitriles is 1. The Morgan fingerprint density at radius 3 is 2.36 bits per heavy atom. The molecule has 0 bridgehead atoms. The molecular formula is C19H11F3N2O. The molecular weight excluding hydrogens is 329 g/mol. The Balaban J connectivity index is 1.98. The number of nitrogens with zero attached hydrogens (tertiary/aromatic N) is 2. The maximum Gasteiger partial charge on any atom is 0.416 e. The van der Waals surface area contributed by atoms with E-state index in [0.29, 0.717) is 5.69 Å². The van der Waals surface area contributed by atoms with Crippen molar-refractivity contribution in [3.05, 3.63) is 77.9 Å². The molecule has 0 saturated heterocycles. The first-order valence-corrected chi connectivity index (χ1v) is 7.29. The van der Waals surface area contributed by atoms with Gasteiger partial charge in [-0.2, -0.15) is 18.4 Å². The first-order valence-electron chi connectivity index (χ1n) is 7.29. The van der Waals surface area contributed by atoms with Gasteiger partial charge in [0.1, 0.15) is 17.4 Å². The van der Waals surface area contributed by atoms with Gasteiger partial charge in [0.15, 0.2) is 0 Å². The van der Waals surface area contributed by atoms with Crippen LogP contribution >= 0.6 is 0 Å². The second-order valence-corrected chi connectivity index (χ2v) is 5.15. The van der Waals surface area contributed by atoms with E-state index in [9.17, 15) is 18.4 Å². The van der Waals surface area contributed by atoms with Crippen molar-refractivity contribution in [2.45, 2.75) is 6.18 Å². The van der Waals surface area contributed by atoms with Crippen LogP contribution in [-0.4, -0.2) is 4.98 Å². The smallest absolute Gasteiger partial charge is 0.416 e. The van der Waals surface area contributed by atoms with E-state index >= 15 is 0 Å². The van der Waals surface area contributed by atoms with Crippen LogP contribution in [0.25, 0.3) is 11.3 Å². The molecule has 0 unspecified atom stereocenters. The quantitative estimate of drug-likeness (QED) is 0.638. The highest BCUT2D eigenvalue weighted by molar-refractivity contribution is 5.61. The van der Waals surface area contributed by atoms with Crippen LogP contribution in [0.15, 0.2) is 66.7 Å². The number of rotatable bonds is 3. The Morgan fingerprint density at radius 2 is 1.68 bits per heavy atom. The van der Waals surface area contributed by atoms with Crippen molar-refractivity contribution in [2.75, 3.05) is 0 Å². The van der Waals surface area contributed by atoms with Gasteiger partial charge < -0.3 is 4.74 Å². The number of pyridine rings is 1. The summed E-state index contributed by atoms with van der Waals surface area (Å²) in [5.74, 6) is -0.0767. The van der Waals surface area contributed by atoms with Crippen LogP contribution in [0.2, 0.25) is 0 Å². The second kappa shape index (κ2) is 6.65. The molecule has 0 radical (unpaired) electrons. The van der Waals surface area contributed by atoms with E-state index in [4.69, 9.17) is 4.74 Å². The maximum atomic E-state index is 12.8. The molecule has 1 aromatic heterocycles. The van der Waals surface area contributed by atoms with E-state index in [-0.39, 0.29) is 17.2 Å². The third kappa shape index (κ3) is 3.78. The lowest BCUT2D eigenvalue weighted by Gasteiger charge is -2.11. The summed E-state index contributed by atoms with van der Waals surface area (Å²) in [5, 5.41) is 9.19. The lowest BCUT2D eigenvalue weighted by molar-refractivity contribution is -0.137. The fourth-order valence-electron chi connectivity index (χ4n) is 2.22. The molecule has 0 aliphatic carbocycles. The van der Waals surface area contributed by atoms with Crippen molar-refractivity contribution in [1.29, 1.82) is 5.26 Å². The van der Waals surface area contributed by atoms with Crippen molar-refractivity contribution >= 4 is 0 Å². The van der Waals surface area contributed by atoms with Gasteiger partial charge in [-0.1, -0.05) is 36.4 Å². The number of aromatic nitrogens is 1. The number of hydrogen-bond acceptors (Lipinski definition) is 3. The van der Waals surface area contributed by atoms with Crippen LogP contribution in [-0.2, 0) is 6.18 Å². The molecule has 3 nitrogen and oxygen atoms in total. The van der Waals surface area contributed by atoms with Gasteiger partial charge in [0.25, 0.3) is 0 Å². The fraction of sp³-hybridized carbons (Fsp3) is 0.0526. The largest absolute Gasteiger partial charge is 0.438 e. The summed E-state index contributed by atoms with van der Waals surface area (Å²) < 4.78 is 43.9. The Kier molecular flexibility index (Phi) is 4.40. The summed E-state index contributed by atoms with van der Waals surface area (Å²) in [6, 6.07) is 18.8. The molecule has 3 rings (SSSR count). The van der Waals surface area contributed by atoms with E-state index in [0.717, 1.165) is 17.7 Å². The van der Waals surface area contributed by atoms with E-state index in [1.165, 1.54) is 18.2 Å². The van der Waals surface area contributed by atoms with Crippen LogP contribution in [0.4, 0.5) is 13.2 Å². The Bertz CT molecular complexity index is 931. The van der Waals surface area contributed by atoms with Crippen molar-refractivity contribution < 1.29 is 17.9 Å². The summed E-state index contributed by atoms with van der Waals surface area (Å²) in [6.45, 7) is 0. The topological polar surface area (TPSA) is 45.9 Å². The summed E-state index contributed by atoms with van der Waals surface area (Å²) >= 11 is 0. The SMILES string of the molecule is N#Cc1ccc(-c2ccccc2)nc1Oc1cccc(C(F)(F)F)c1. The number of benzene rings is 2. The third-order valence-electron chi connectivity index (χ3n) is 3.43. The van der Waals surface area contributed by atoms with Gasteiger partial charge >= 0.3 is 6.18 Å². The monoisotopic (exact) mass is 340 g/mol. The normalized spacial score (nSPS) is 11.0. The van der Waals surface area contributed by atoms with Gasteiger partial charge in [-0.15, -0.1) is 0 Å². The minimum absolute atomic E-state index is 0.0379. The highest BCUT2D eigenvalue weighted by Crippen LogP contribution is 2.33. The molecule has 1 heterocycles. The average molecular weight is 340 g/mol. The Labute approximate surface area is 141 Å². The standard InChI is InChI=1S/C19H11F3N2O/c20-19(21,22)15-7-4-8-16(11-15)25-18-14(12-23)9-10-17(24-18)13-5-2-1-3-6-13/h1-11H. The molecule has 0 fully saturated rings. The minimum atomic E-state index is -4.48. The lowest BCUT2D eigenvalue weighted by atomic mass is 10.1. The van der Waals surface area contributed by atoms with Crippen molar-refractivity contribution in [3.63, 3.8) is 0 Å². The minimum Gasteiger partial charge on any atom is -0.438 e. The molecule has 0 saturated carbocycles. The van der Waals surface area contributed by atoms with E-state index in [1.54, 1.807) is 6.07 Å². The molecule has 25 heavy (non-hydrogen) atoms. The summed E-state index contributed by atoms with van der Waals surface area (Å²) in [6.07, 6.45) is -4.48. The fourth-order valence-corrected chi connectivity index (χ4v) is 2.22. The second-order valence-electron chi connectivity index (χ2n) is 5.15. The molecule has 2 aromatic carbocycles. The number of halogens is 3. The van der Waals surface area contributed by atoms with Crippen molar-refractivity contribution in [2.24, 2.45) is 0 Å². The van der Waals surface area contributed by atoms with Crippen LogP contribution in [0.1, 0.15) is 11.1 Å². The zero-order chi connectivity index (χ0) is 17.9. The van der Waals surface area contributed by atoms with Crippen LogP contribution in [0.5, 0.6) is 11.6 Å². The summed E-state index contributed by atoms with van der Waals surface area (Å²) in [4.78, 5) is 4.27. The zero-order valence-corrected chi connectivity index (χ0v) is 12.8. The maximum absolute atomic E-state index is 12.8. The number of alkyl halides is 3. The van der Waals surface area contributed by atoms with Gasteiger partial charge in [-0.25, -0.2) is 4.98 Å². The molecule has 0 N–H and O–H groups in total. The van der Waals surface area contributed by atoms with Crippen LogP contribution in [0, 0.1) is 11.3 Å². The highest BCUT2D eigenvalue weighted by atomic mass is 19.4. The zero-order valence-electron chi connectivity index (χ0n) is 12.8. The van der Waals surface area contributed by atoms with Gasteiger partial charge in [-0.05, 0) is 30.3 Å². The first-order chi connectivity index (χ1) is 12.0. The van der Waals surface area contributed by atoms with E-state index < -0.39 is 11.7 Å². The van der Waals surface area contributed by atoms with Crippen molar-refractivity contribution in [3.8, 4) is 29.0 Å². The number of hydrogen-bond donors (Lipinski definition) is 0. The van der Waals surface area contributed by atoms with E-state index in [1.807, 2.05) is 36.4 Å². The summed E-state index contributed by atoms with van der Waals surface area (Å²) in [7, 11) is 0. The first kappa shape index (κ1) is 16.5. The predicted octanol–water partition coefficient (Wildman–Crippen LogP) is 5.43. The molecule has 0 amide bonds.